The molecule has 0 spiro atoms. The maximum atomic E-state index is 13.1. The van der Waals surface area contributed by atoms with E-state index in [1.54, 1.807) is 14.0 Å². The summed E-state index contributed by atoms with van der Waals surface area (Å²) in [5, 5.41) is 15.1. The minimum atomic E-state index is -1.40. The maximum absolute atomic E-state index is 13.1. The molecule has 1 amide bonds. The number of hydrogen-bond acceptors (Lipinski definition) is 6. The number of carbonyl (C=O) groups is 2. The van der Waals surface area contributed by atoms with Gasteiger partial charge in [-0.1, -0.05) is 84.0 Å². The molecule has 1 fully saturated rings. The summed E-state index contributed by atoms with van der Waals surface area (Å²) in [6.07, 6.45) is 0.228. The van der Waals surface area contributed by atoms with E-state index >= 15 is 0 Å². The van der Waals surface area contributed by atoms with Gasteiger partial charge < -0.3 is 19.3 Å². The van der Waals surface area contributed by atoms with E-state index in [0.717, 1.165) is 35.1 Å². The lowest BCUT2D eigenvalue weighted by molar-refractivity contribution is -0.146. The van der Waals surface area contributed by atoms with Crippen LogP contribution in [0.15, 0.2) is 83.4 Å². The molecule has 0 aliphatic heterocycles. The van der Waals surface area contributed by atoms with Crippen molar-refractivity contribution in [2.45, 2.75) is 44.8 Å². The van der Waals surface area contributed by atoms with Crippen molar-refractivity contribution in [2.75, 3.05) is 13.7 Å². The first-order valence-corrected chi connectivity index (χ1v) is 13.2. The van der Waals surface area contributed by atoms with Crippen LogP contribution in [0.4, 0.5) is 0 Å². The van der Waals surface area contributed by atoms with Gasteiger partial charge >= 0.3 is 5.97 Å². The Bertz CT molecular complexity index is 1450. The average molecular weight is 525 g/mol. The number of aryl methyl sites for hydroxylation is 1. The van der Waals surface area contributed by atoms with Crippen LogP contribution in [-0.2, 0) is 26.3 Å². The van der Waals surface area contributed by atoms with Gasteiger partial charge in [0.15, 0.2) is 11.9 Å². The summed E-state index contributed by atoms with van der Waals surface area (Å²) >= 11 is 0. The Morgan fingerprint density at radius 3 is 2.15 bits per heavy atom. The second-order valence-corrected chi connectivity index (χ2v) is 10.1. The van der Waals surface area contributed by atoms with Crippen molar-refractivity contribution in [3.63, 3.8) is 0 Å². The largest absolute Gasteiger partial charge is 0.465 e. The number of amides is 1. The summed E-state index contributed by atoms with van der Waals surface area (Å²) in [4.78, 5) is 27.0. The SMILES string of the molecule is CCOC(=O)C1(c2ccc(-c3ccc(-c4onc(C)c4C(O)C(=O)N(C)Cc4ccccc4)cc3)cc2)CC1. The number of likely N-dealkylation sites (N-methyl/N-ethyl adjacent to an activating group) is 1. The second-order valence-electron chi connectivity index (χ2n) is 10.1. The van der Waals surface area contributed by atoms with Crippen LogP contribution in [0.25, 0.3) is 22.5 Å². The third-order valence-electron chi connectivity index (χ3n) is 7.39. The van der Waals surface area contributed by atoms with Crippen molar-refractivity contribution in [3.8, 4) is 22.5 Å². The zero-order valence-electron chi connectivity index (χ0n) is 22.4. The molecule has 39 heavy (non-hydrogen) atoms. The first-order chi connectivity index (χ1) is 18.8. The van der Waals surface area contributed by atoms with Crippen LogP contribution in [-0.4, -0.2) is 40.7 Å². The molecule has 7 heteroatoms. The predicted molar refractivity (Wildman–Crippen MR) is 148 cm³/mol. The van der Waals surface area contributed by atoms with E-state index in [2.05, 4.69) is 5.16 Å². The molecule has 0 radical (unpaired) electrons. The predicted octanol–water partition coefficient (Wildman–Crippen LogP) is 5.60. The number of benzene rings is 3. The molecule has 1 atom stereocenters. The van der Waals surface area contributed by atoms with Crippen LogP contribution in [0.2, 0.25) is 0 Å². The number of aliphatic hydroxyl groups is 1. The molecule has 1 aliphatic rings. The number of hydrogen-bond donors (Lipinski definition) is 1. The molecule has 1 heterocycles. The summed E-state index contributed by atoms with van der Waals surface area (Å²) in [6, 6.07) is 25.3. The zero-order chi connectivity index (χ0) is 27.6. The average Bonchev–Trinajstić information content (AvgIpc) is 3.69. The van der Waals surface area contributed by atoms with Crippen molar-refractivity contribution in [1.29, 1.82) is 0 Å². The van der Waals surface area contributed by atoms with E-state index in [9.17, 15) is 14.7 Å². The molecular formula is C32H32N2O5. The van der Waals surface area contributed by atoms with Crippen LogP contribution in [0.5, 0.6) is 0 Å². The van der Waals surface area contributed by atoms with E-state index in [1.165, 1.54) is 4.90 Å². The summed E-state index contributed by atoms with van der Waals surface area (Å²) in [7, 11) is 1.67. The smallest absolute Gasteiger partial charge is 0.316 e. The van der Waals surface area contributed by atoms with Gasteiger partial charge in [0.2, 0.25) is 0 Å². The molecular weight excluding hydrogens is 492 g/mol. The monoisotopic (exact) mass is 524 g/mol. The van der Waals surface area contributed by atoms with Crippen LogP contribution in [0.1, 0.15) is 48.3 Å². The minimum Gasteiger partial charge on any atom is -0.465 e. The van der Waals surface area contributed by atoms with E-state index in [0.29, 0.717) is 35.7 Å². The number of rotatable bonds is 9. The highest BCUT2D eigenvalue weighted by Crippen LogP contribution is 2.49. The Kier molecular flexibility index (Phi) is 7.35. The number of aromatic nitrogens is 1. The molecule has 1 saturated carbocycles. The molecule has 5 rings (SSSR count). The Morgan fingerprint density at radius 1 is 0.974 bits per heavy atom. The van der Waals surface area contributed by atoms with Gasteiger partial charge in [0.25, 0.3) is 5.91 Å². The molecule has 4 aromatic rings. The van der Waals surface area contributed by atoms with Gasteiger partial charge in [-0.05, 0) is 48.9 Å². The number of nitrogens with zero attached hydrogens (tertiary/aromatic N) is 2. The summed E-state index contributed by atoms with van der Waals surface area (Å²) in [6.45, 7) is 4.31. The van der Waals surface area contributed by atoms with Gasteiger partial charge in [0.05, 0.1) is 23.3 Å². The zero-order valence-corrected chi connectivity index (χ0v) is 22.4. The third kappa shape index (κ3) is 5.22. The lowest BCUT2D eigenvalue weighted by Crippen LogP contribution is -2.31. The fraction of sp³-hybridized carbons (Fsp3) is 0.281. The van der Waals surface area contributed by atoms with E-state index < -0.39 is 17.4 Å². The highest BCUT2D eigenvalue weighted by molar-refractivity contribution is 5.87. The van der Waals surface area contributed by atoms with Crippen molar-refractivity contribution >= 4 is 11.9 Å². The molecule has 1 unspecified atom stereocenters. The highest BCUT2D eigenvalue weighted by Gasteiger charge is 2.52. The maximum Gasteiger partial charge on any atom is 0.316 e. The van der Waals surface area contributed by atoms with Crippen molar-refractivity contribution < 1.29 is 24.0 Å². The molecule has 7 nitrogen and oxygen atoms in total. The number of aliphatic hydroxyl groups excluding tert-OH is 1. The first-order valence-electron chi connectivity index (χ1n) is 13.2. The Balaban J connectivity index is 1.33. The van der Waals surface area contributed by atoms with E-state index in [-0.39, 0.29) is 5.97 Å². The topological polar surface area (TPSA) is 92.9 Å². The van der Waals surface area contributed by atoms with Gasteiger partial charge in [0.1, 0.15) is 0 Å². The Labute approximate surface area is 228 Å². The van der Waals surface area contributed by atoms with Gasteiger partial charge in [-0.3, -0.25) is 9.59 Å². The van der Waals surface area contributed by atoms with Crippen molar-refractivity contribution in [2.24, 2.45) is 0 Å². The van der Waals surface area contributed by atoms with Crippen LogP contribution in [0, 0.1) is 6.92 Å². The fourth-order valence-electron chi connectivity index (χ4n) is 4.98. The molecule has 0 saturated heterocycles. The summed E-state index contributed by atoms with van der Waals surface area (Å²) < 4.78 is 10.9. The van der Waals surface area contributed by atoms with Crippen LogP contribution >= 0.6 is 0 Å². The second kappa shape index (κ2) is 10.9. The molecule has 1 aliphatic carbocycles. The normalized spacial score (nSPS) is 14.5. The molecule has 200 valence electrons. The molecule has 1 N–H and O–H groups in total. The minimum absolute atomic E-state index is 0.146. The first kappa shape index (κ1) is 26.4. The van der Waals surface area contributed by atoms with Gasteiger partial charge in [-0.25, -0.2) is 0 Å². The molecule has 1 aromatic heterocycles. The Hall–Kier alpha value is -4.23. The highest BCUT2D eigenvalue weighted by atomic mass is 16.5. The number of carbonyl (C=O) groups excluding carboxylic acids is 2. The van der Waals surface area contributed by atoms with Crippen LogP contribution in [0.3, 0.4) is 0 Å². The standard InChI is InChI=1S/C32H32N2O5/c1-4-38-31(37)32(18-19-32)26-16-14-24(15-17-26)23-10-12-25(13-11-23)29-27(21(2)33-39-29)28(35)30(36)34(3)20-22-8-6-5-7-9-22/h5-17,28,35H,4,18-20H2,1-3H3. The third-order valence-corrected chi connectivity index (χ3v) is 7.39. The van der Waals surface area contributed by atoms with E-state index in [1.807, 2.05) is 85.8 Å². The van der Waals surface area contributed by atoms with Crippen LogP contribution < -0.4 is 0 Å². The van der Waals surface area contributed by atoms with Gasteiger partial charge in [0, 0.05) is 19.2 Å². The lowest BCUT2D eigenvalue weighted by Gasteiger charge is -2.21. The lowest BCUT2D eigenvalue weighted by atomic mass is 9.93. The molecule has 3 aromatic carbocycles. The number of esters is 1. The van der Waals surface area contributed by atoms with Gasteiger partial charge in [-0.2, -0.15) is 0 Å². The summed E-state index contributed by atoms with van der Waals surface area (Å²) in [5.74, 6) is -0.208. The Morgan fingerprint density at radius 2 is 1.56 bits per heavy atom. The van der Waals surface area contributed by atoms with Crippen molar-refractivity contribution in [1.82, 2.24) is 10.1 Å². The number of ether oxygens (including phenoxy) is 1. The van der Waals surface area contributed by atoms with Crippen molar-refractivity contribution in [3.05, 3.63) is 101 Å². The quantitative estimate of drug-likeness (QED) is 0.286. The fourth-order valence-corrected chi connectivity index (χ4v) is 4.98. The van der Waals surface area contributed by atoms with E-state index in [4.69, 9.17) is 9.26 Å². The summed E-state index contributed by atoms with van der Waals surface area (Å²) in [5.41, 5.74) is 5.01. The molecule has 0 bridgehead atoms. The van der Waals surface area contributed by atoms with Gasteiger partial charge in [-0.15, -0.1) is 0 Å².